The second-order valence-corrected chi connectivity index (χ2v) is 12.3. The third kappa shape index (κ3) is 9.74. The topological polar surface area (TPSA) is 0 Å². The van der Waals surface area contributed by atoms with Crippen molar-refractivity contribution >= 4 is 43.2 Å². The summed E-state index contributed by atoms with van der Waals surface area (Å²) in [6, 6.07) is 21.5. The number of hydrogen-bond acceptors (Lipinski definition) is 4. The second-order valence-electron chi connectivity index (χ2n) is 6.92. The first-order chi connectivity index (χ1) is 13.0. The molecular weight excluding hydrogens is 405 g/mol. The lowest BCUT2D eigenvalue weighted by Crippen LogP contribution is -2.01. The fourth-order valence-corrected chi connectivity index (χ4v) is 7.57. The SMILES string of the molecule is CCSSC(c1ccccc1)C(C)C.CSSC(c1ccccc1)C(C)C. The zero-order valence-corrected chi connectivity index (χ0v) is 20.7. The molecule has 0 amide bonds. The van der Waals surface area contributed by atoms with Crippen LogP contribution >= 0.6 is 43.2 Å². The van der Waals surface area contributed by atoms with E-state index in [9.17, 15) is 0 Å². The van der Waals surface area contributed by atoms with E-state index in [0.29, 0.717) is 22.3 Å². The van der Waals surface area contributed by atoms with Gasteiger partial charge in [-0.3, -0.25) is 0 Å². The molecule has 0 N–H and O–H groups in total. The van der Waals surface area contributed by atoms with Gasteiger partial charge >= 0.3 is 0 Å². The molecule has 0 saturated heterocycles. The van der Waals surface area contributed by atoms with E-state index in [1.807, 2.05) is 43.2 Å². The maximum absolute atomic E-state index is 2.29. The fraction of sp³-hybridized carbons (Fsp3) is 0.478. The van der Waals surface area contributed by atoms with Crippen molar-refractivity contribution in [2.24, 2.45) is 11.8 Å². The molecular formula is C23H34S4. The molecule has 2 aromatic rings. The first-order valence-corrected chi connectivity index (χ1v) is 14.6. The lowest BCUT2D eigenvalue weighted by Gasteiger charge is -2.19. The normalized spacial score (nSPS) is 13.2. The van der Waals surface area contributed by atoms with E-state index >= 15 is 0 Å². The Kier molecular flexibility index (Phi) is 13.6. The number of rotatable bonds is 9. The molecule has 4 heteroatoms. The van der Waals surface area contributed by atoms with Gasteiger partial charge in [-0.25, -0.2) is 0 Å². The molecule has 0 aliphatic heterocycles. The Bertz CT molecular complexity index is 584. The van der Waals surface area contributed by atoms with Crippen LogP contribution in [0.1, 0.15) is 56.2 Å². The van der Waals surface area contributed by atoms with Gasteiger partial charge in [-0.1, -0.05) is 138 Å². The summed E-state index contributed by atoms with van der Waals surface area (Å²) in [7, 11) is 7.76. The summed E-state index contributed by atoms with van der Waals surface area (Å²) in [4.78, 5) is 0. The Morgan fingerprint density at radius 2 is 1.07 bits per heavy atom. The molecule has 0 aliphatic rings. The molecule has 2 rings (SSSR count). The van der Waals surface area contributed by atoms with Gasteiger partial charge in [0.15, 0.2) is 0 Å². The zero-order valence-electron chi connectivity index (χ0n) is 17.4. The van der Waals surface area contributed by atoms with Crippen molar-refractivity contribution < 1.29 is 0 Å². The molecule has 0 saturated carbocycles. The molecule has 0 nitrogen and oxygen atoms in total. The van der Waals surface area contributed by atoms with Crippen LogP contribution < -0.4 is 0 Å². The van der Waals surface area contributed by atoms with E-state index < -0.39 is 0 Å². The lowest BCUT2D eigenvalue weighted by atomic mass is 10.0. The Hall–Kier alpha value is -0.160. The summed E-state index contributed by atoms with van der Waals surface area (Å²) in [6.45, 7) is 11.4. The van der Waals surface area contributed by atoms with Gasteiger partial charge in [0.25, 0.3) is 0 Å². The van der Waals surface area contributed by atoms with Gasteiger partial charge in [0.2, 0.25) is 0 Å². The number of hydrogen-bond donors (Lipinski definition) is 0. The minimum absolute atomic E-state index is 0.621. The molecule has 0 radical (unpaired) electrons. The van der Waals surface area contributed by atoms with E-state index in [4.69, 9.17) is 0 Å². The molecule has 0 spiro atoms. The predicted molar refractivity (Wildman–Crippen MR) is 135 cm³/mol. The van der Waals surface area contributed by atoms with Crippen LogP contribution in [0.25, 0.3) is 0 Å². The van der Waals surface area contributed by atoms with Crippen LogP contribution in [-0.4, -0.2) is 12.0 Å². The highest BCUT2D eigenvalue weighted by Crippen LogP contribution is 2.43. The molecule has 0 aromatic heterocycles. The summed E-state index contributed by atoms with van der Waals surface area (Å²) < 4.78 is 0. The van der Waals surface area contributed by atoms with Gasteiger partial charge < -0.3 is 0 Å². The van der Waals surface area contributed by atoms with E-state index in [1.54, 1.807) is 0 Å². The average Bonchev–Trinajstić information content (AvgIpc) is 2.68. The molecule has 150 valence electrons. The van der Waals surface area contributed by atoms with Crippen molar-refractivity contribution in [3.8, 4) is 0 Å². The Labute approximate surface area is 183 Å². The maximum Gasteiger partial charge on any atom is 0.0423 e. The van der Waals surface area contributed by atoms with Crippen molar-refractivity contribution in [2.45, 2.75) is 45.1 Å². The van der Waals surface area contributed by atoms with Gasteiger partial charge in [-0.2, -0.15) is 0 Å². The maximum atomic E-state index is 2.29. The summed E-state index contributed by atoms with van der Waals surface area (Å²) in [5.74, 6) is 2.57. The summed E-state index contributed by atoms with van der Waals surface area (Å²) >= 11 is 0. The molecule has 0 aliphatic carbocycles. The van der Waals surface area contributed by atoms with E-state index in [2.05, 4.69) is 102 Å². The summed E-state index contributed by atoms with van der Waals surface area (Å²) in [5.41, 5.74) is 2.89. The van der Waals surface area contributed by atoms with Crippen LogP contribution in [-0.2, 0) is 0 Å². The largest absolute Gasteiger partial charge is 0.0970 e. The van der Waals surface area contributed by atoms with Gasteiger partial charge in [0.05, 0.1) is 0 Å². The van der Waals surface area contributed by atoms with Gasteiger partial charge in [0.1, 0.15) is 0 Å². The molecule has 27 heavy (non-hydrogen) atoms. The predicted octanol–water partition coefficient (Wildman–Crippen LogP) is 9.18. The van der Waals surface area contributed by atoms with Crippen LogP contribution in [0, 0.1) is 11.8 Å². The van der Waals surface area contributed by atoms with Crippen molar-refractivity contribution in [1.82, 2.24) is 0 Å². The lowest BCUT2D eigenvalue weighted by molar-refractivity contribution is 0.635. The fourth-order valence-electron chi connectivity index (χ4n) is 2.63. The van der Waals surface area contributed by atoms with Crippen molar-refractivity contribution in [1.29, 1.82) is 0 Å². The van der Waals surface area contributed by atoms with E-state index in [0.717, 1.165) is 0 Å². The van der Waals surface area contributed by atoms with Crippen LogP contribution in [0.5, 0.6) is 0 Å². The number of benzene rings is 2. The second kappa shape index (κ2) is 14.8. The molecule has 0 fully saturated rings. The molecule has 2 aromatic carbocycles. The Balaban J connectivity index is 0.000000271. The minimum Gasteiger partial charge on any atom is -0.0970 e. The van der Waals surface area contributed by atoms with E-state index in [-0.39, 0.29) is 0 Å². The van der Waals surface area contributed by atoms with E-state index in [1.165, 1.54) is 16.9 Å². The third-order valence-electron chi connectivity index (χ3n) is 3.96. The van der Waals surface area contributed by atoms with Crippen LogP contribution in [0.3, 0.4) is 0 Å². The van der Waals surface area contributed by atoms with Gasteiger partial charge in [-0.15, -0.1) is 0 Å². The smallest absolute Gasteiger partial charge is 0.0423 e. The summed E-state index contributed by atoms with van der Waals surface area (Å²) in [6.07, 6.45) is 2.14. The third-order valence-corrected chi connectivity index (χ3v) is 9.51. The molecule has 0 bridgehead atoms. The first kappa shape index (κ1) is 24.9. The van der Waals surface area contributed by atoms with Gasteiger partial charge in [0, 0.05) is 16.3 Å². The summed E-state index contributed by atoms with van der Waals surface area (Å²) in [5, 5.41) is 1.25. The van der Waals surface area contributed by atoms with Crippen molar-refractivity contribution in [2.75, 3.05) is 12.0 Å². The highest BCUT2D eigenvalue weighted by molar-refractivity contribution is 8.77. The average molecular weight is 439 g/mol. The van der Waals surface area contributed by atoms with Crippen LogP contribution in [0.4, 0.5) is 0 Å². The van der Waals surface area contributed by atoms with Crippen molar-refractivity contribution in [3.63, 3.8) is 0 Å². The van der Waals surface area contributed by atoms with Crippen LogP contribution in [0.15, 0.2) is 60.7 Å². The highest BCUT2D eigenvalue weighted by atomic mass is 33.1. The van der Waals surface area contributed by atoms with Crippen molar-refractivity contribution in [3.05, 3.63) is 71.8 Å². The molecule has 2 atom stereocenters. The molecule has 2 unspecified atom stereocenters. The molecule has 0 heterocycles. The first-order valence-electron chi connectivity index (χ1n) is 9.58. The monoisotopic (exact) mass is 438 g/mol. The zero-order chi connectivity index (χ0) is 20.1. The van der Waals surface area contributed by atoms with Gasteiger partial charge in [-0.05, 0) is 29.2 Å². The Morgan fingerprint density at radius 1 is 0.667 bits per heavy atom. The highest BCUT2D eigenvalue weighted by Gasteiger charge is 2.16. The standard InChI is InChI=1S/C12H18S2.C11H16S2/c1-4-13-14-12(10(2)3)11-8-6-5-7-9-11;1-9(2)11(13-12-3)10-7-5-4-6-8-10/h5-10,12H,4H2,1-3H3;4-9,11H,1-3H3. The minimum atomic E-state index is 0.621. The van der Waals surface area contributed by atoms with Crippen LogP contribution in [0.2, 0.25) is 0 Å². The quantitative estimate of drug-likeness (QED) is 0.358. The Morgan fingerprint density at radius 3 is 1.41 bits per heavy atom.